The van der Waals surface area contributed by atoms with Crippen molar-refractivity contribution in [2.75, 3.05) is 20.2 Å². The molecule has 0 aliphatic rings. The van der Waals surface area contributed by atoms with Gasteiger partial charge in [-0.05, 0) is 44.5 Å². The zero-order valence-corrected chi connectivity index (χ0v) is 18.2. The topological polar surface area (TPSA) is 101 Å². The Morgan fingerprint density at radius 3 is 2.41 bits per heavy atom. The number of rotatable bonds is 10. The first-order valence-corrected chi connectivity index (χ1v) is 10.9. The van der Waals surface area contributed by atoms with Gasteiger partial charge in [0.1, 0.15) is 5.82 Å². The van der Waals surface area contributed by atoms with E-state index in [4.69, 9.17) is 16.3 Å². The summed E-state index contributed by atoms with van der Waals surface area (Å²) in [7, 11) is -2.26. The Morgan fingerprint density at radius 1 is 1.21 bits per heavy atom. The van der Waals surface area contributed by atoms with Crippen LogP contribution in [0.1, 0.15) is 36.5 Å². The molecule has 1 aromatic carbocycles. The van der Waals surface area contributed by atoms with E-state index >= 15 is 0 Å². The van der Waals surface area contributed by atoms with E-state index < -0.39 is 10.0 Å². The van der Waals surface area contributed by atoms with E-state index in [1.54, 1.807) is 0 Å². The molecule has 0 spiro atoms. The maximum atomic E-state index is 12.6. The molecule has 2 aromatic rings. The number of sulfonamides is 1. The molecule has 158 valence electrons. The lowest BCUT2D eigenvalue weighted by molar-refractivity contribution is 0.0757. The highest BCUT2D eigenvalue weighted by Crippen LogP contribution is 2.18. The van der Waals surface area contributed by atoms with Crippen molar-refractivity contribution in [3.8, 4) is 0 Å². The Labute approximate surface area is 176 Å². The Bertz CT molecular complexity index is 903. The summed E-state index contributed by atoms with van der Waals surface area (Å²) in [6.45, 7) is 4.93. The number of halogens is 1. The zero-order valence-electron chi connectivity index (χ0n) is 16.6. The van der Waals surface area contributed by atoms with Crippen molar-refractivity contribution in [1.82, 2.24) is 19.6 Å². The summed E-state index contributed by atoms with van der Waals surface area (Å²) in [5, 5.41) is 3.22. The average molecular weight is 441 g/mol. The molecule has 0 atom stereocenters. The molecule has 0 unspecified atom stereocenters. The Balaban J connectivity index is 1.91. The van der Waals surface area contributed by atoms with E-state index in [1.165, 1.54) is 43.7 Å². The molecular formula is C19H25ClN4O4S. The van der Waals surface area contributed by atoms with Gasteiger partial charge < -0.3 is 10.1 Å². The highest BCUT2D eigenvalue weighted by Gasteiger charge is 2.21. The van der Waals surface area contributed by atoms with Gasteiger partial charge in [-0.25, -0.2) is 18.4 Å². The number of nitrogens with one attached hydrogen (secondary N) is 1. The fourth-order valence-corrected chi connectivity index (χ4v) is 3.57. The quantitative estimate of drug-likeness (QED) is 0.569. The van der Waals surface area contributed by atoms with Crippen LogP contribution in [0.3, 0.4) is 0 Å². The van der Waals surface area contributed by atoms with E-state index in [9.17, 15) is 13.2 Å². The molecule has 0 saturated carbocycles. The number of hydrogen-bond donors (Lipinski definition) is 1. The second-order valence-corrected chi connectivity index (χ2v) is 9.11. The first-order chi connectivity index (χ1) is 13.7. The summed E-state index contributed by atoms with van der Waals surface area (Å²) in [6, 6.07) is 5.91. The summed E-state index contributed by atoms with van der Waals surface area (Å²) in [5.41, 5.74) is 0.307. The third-order valence-corrected chi connectivity index (χ3v) is 5.98. The van der Waals surface area contributed by atoms with E-state index in [0.717, 1.165) is 4.31 Å². The number of hydrogen-bond acceptors (Lipinski definition) is 6. The molecule has 1 amide bonds. The van der Waals surface area contributed by atoms with Crippen LogP contribution in [0.5, 0.6) is 0 Å². The number of carbonyl (C=O) groups is 1. The first kappa shape index (κ1) is 23.2. The molecule has 29 heavy (non-hydrogen) atoms. The third-order valence-electron chi connectivity index (χ3n) is 3.91. The lowest BCUT2D eigenvalue weighted by Gasteiger charge is -2.16. The molecule has 1 heterocycles. The van der Waals surface area contributed by atoms with Gasteiger partial charge in [0.05, 0.1) is 23.1 Å². The second-order valence-electron chi connectivity index (χ2n) is 6.63. The van der Waals surface area contributed by atoms with E-state index in [0.29, 0.717) is 30.2 Å². The van der Waals surface area contributed by atoms with Crippen molar-refractivity contribution in [2.45, 2.75) is 37.8 Å². The van der Waals surface area contributed by atoms with Gasteiger partial charge in [-0.1, -0.05) is 11.6 Å². The van der Waals surface area contributed by atoms with Crippen LogP contribution in [-0.4, -0.2) is 54.9 Å². The van der Waals surface area contributed by atoms with E-state index in [-0.39, 0.29) is 29.3 Å². The van der Waals surface area contributed by atoms with Crippen molar-refractivity contribution in [3.63, 3.8) is 0 Å². The molecule has 0 aliphatic carbocycles. The molecule has 1 aromatic heterocycles. The Kier molecular flexibility index (Phi) is 8.51. The fraction of sp³-hybridized carbons (Fsp3) is 0.421. The number of nitrogens with zero attached hydrogens (tertiary/aromatic N) is 3. The molecule has 0 radical (unpaired) electrons. The Morgan fingerprint density at radius 2 is 1.83 bits per heavy atom. The minimum atomic E-state index is -3.70. The summed E-state index contributed by atoms with van der Waals surface area (Å²) in [6.07, 6.45) is 3.63. The van der Waals surface area contributed by atoms with Crippen molar-refractivity contribution in [2.24, 2.45) is 0 Å². The van der Waals surface area contributed by atoms with Crippen LogP contribution in [0.15, 0.2) is 41.6 Å². The molecule has 8 nitrogen and oxygen atoms in total. The second kappa shape index (κ2) is 10.6. The number of carbonyl (C=O) groups excluding carboxylic acids is 1. The lowest BCUT2D eigenvalue weighted by Crippen LogP contribution is -2.28. The van der Waals surface area contributed by atoms with Gasteiger partial charge in [0.2, 0.25) is 10.0 Å². The van der Waals surface area contributed by atoms with Crippen LogP contribution in [0.2, 0.25) is 5.02 Å². The van der Waals surface area contributed by atoms with Gasteiger partial charge in [0, 0.05) is 37.6 Å². The van der Waals surface area contributed by atoms with Gasteiger partial charge in [-0.15, -0.1) is 0 Å². The molecule has 0 saturated heterocycles. The van der Waals surface area contributed by atoms with Crippen molar-refractivity contribution < 1.29 is 17.9 Å². The molecule has 0 aliphatic heterocycles. The third kappa shape index (κ3) is 7.04. The monoisotopic (exact) mass is 440 g/mol. The van der Waals surface area contributed by atoms with Crippen LogP contribution < -0.4 is 5.32 Å². The van der Waals surface area contributed by atoms with Crippen molar-refractivity contribution >= 4 is 27.5 Å². The molecule has 1 N–H and O–H groups in total. The lowest BCUT2D eigenvalue weighted by atomic mass is 10.3. The molecule has 10 heteroatoms. The summed E-state index contributed by atoms with van der Waals surface area (Å²) in [4.78, 5) is 20.4. The number of benzene rings is 1. The number of amides is 1. The van der Waals surface area contributed by atoms with E-state index in [2.05, 4.69) is 15.3 Å². The van der Waals surface area contributed by atoms with Crippen molar-refractivity contribution in [1.29, 1.82) is 0 Å². The smallest absolute Gasteiger partial charge is 0.254 e. The Hall–Kier alpha value is -2.07. The maximum absolute atomic E-state index is 12.6. The zero-order chi connectivity index (χ0) is 21.4. The van der Waals surface area contributed by atoms with Crippen LogP contribution in [0, 0.1) is 0 Å². The minimum Gasteiger partial charge on any atom is -0.379 e. The summed E-state index contributed by atoms with van der Waals surface area (Å²) in [5.74, 6) is -0.00448. The largest absolute Gasteiger partial charge is 0.379 e. The molecule has 2 rings (SSSR count). The van der Waals surface area contributed by atoms with E-state index in [1.807, 2.05) is 13.8 Å². The highest BCUT2D eigenvalue weighted by atomic mass is 35.5. The van der Waals surface area contributed by atoms with Gasteiger partial charge in [-0.3, -0.25) is 4.79 Å². The maximum Gasteiger partial charge on any atom is 0.254 e. The van der Waals surface area contributed by atoms with Gasteiger partial charge in [0.15, 0.2) is 0 Å². The van der Waals surface area contributed by atoms with Crippen LogP contribution in [0.4, 0.5) is 0 Å². The number of aromatic nitrogens is 2. The molecular weight excluding hydrogens is 416 g/mol. The molecule has 0 fully saturated rings. The van der Waals surface area contributed by atoms with Gasteiger partial charge >= 0.3 is 0 Å². The average Bonchev–Trinajstić information content (AvgIpc) is 2.68. The van der Waals surface area contributed by atoms with Gasteiger partial charge in [-0.2, -0.15) is 4.31 Å². The predicted molar refractivity (Wildman–Crippen MR) is 110 cm³/mol. The van der Waals surface area contributed by atoms with Crippen molar-refractivity contribution in [3.05, 3.63) is 53.1 Å². The summed E-state index contributed by atoms with van der Waals surface area (Å²) >= 11 is 5.80. The normalized spacial score (nSPS) is 11.8. The summed E-state index contributed by atoms with van der Waals surface area (Å²) < 4.78 is 31.7. The first-order valence-electron chi connectivity index (χ1n) is 9.13. The SMILES string of the molecule is CC(C)OCCCNC(=O)c1cnc(CN(C)S(=O)(=O)c2ccc(Cl)cc2)nc1. The van der Waals surface area contributed by atoms with Crippen LogP contribution in [0.25, 0.3) is 0 Å². The minimum absolute atomic E-state index is 0.0284. The van der Waals surface area contributed by atoms with Crippen LogP contribution in [-0.2, 0) is 21.3 Å². The highest BCUT2D eigenvalue weighted by molar-refractivity contribution is 7.89. The fourth-order valence-electron chi connectivity index (χ4n) is 2.32. The number of ether oxygens (including phenoxy) is 1. The predicted octanol–water partition coefficient (Wildman–Crippen LogP) is 2.50. The van der Waals surface area contributed by atoms with Gasteiger partial charge in [0.25, 0.3) is 5.91 Å². The van der Waals surface area contributed by atoms with Crippen LogP contribution >= 0.6 is 11.6 Å². The standard InChI is InChI=1S/C19H25ClN4O4S/c1-14(2)28-10-4-9-21-19(25)15-11-22-18(23-12-15)13-24(3)29(26,27)17-7-5-16(20)6-8-17/h5-8,11-12,14H,4,9-10,13H2,1-3H3,(H,21,25). The molecule has 0 bridgehead atoms.